The zero-order valence-corrected chi connectivity index (χ0v) is 54.4. The maximum absolute atomic E-state index is 12.9. The van der Waals surface area contributed by atoms with Crippen LogP contribution < -0.4 is 0 Å². The van der Waals surface area contributed by atoms with E-state index in [2.05, 4.69) is 45.1 Å². The second kappa shape index (κ2) is 69.4. The Balaban J connectivity index is 4.11. The van der Waals surface area contributed by atoms with Gasteiger partial charge in [-0.15, -0.1) is 0 Å². The lowest BCUT2D eigenvalue weighted by Gasteiger charge is -2.18. The van der Waals surface area contributed by atoms with Gasteiger partial charge in [0.25, 0.3) is 0 Å². The summed E-state index contributed by atoms with van der Waals surface area (Å²) in [4.78, 5) is 38.4. The van der Waals surface area contributed by atoms with E-state index in [0.717, 1.165) is 64.2 Å². The van der Waals surface area contributed by atoms with Crippen LogP contribution in [0.15, 0.2) is 24.3 Å². The highest BCUT2D eigenvalue weighted by Gasteiger charge is 2.19. The molecule has 6 heteroatoms. The first-order chi connectivity index (χ1) is 39.5. The van der Waals surface area contributed by atoms with Crippen molar-refractivity contribution in [3.05, 3.63) is 24.3 Å². The van der Waals surface area contributed by atoms with Gasteiger partial charge < -0.3 is 14.2 Å². The van der Waals surface area contributed by atoms with Crippen molar-refractivity contribution in [2.45, 2.75) is 419 Å². The minimum Gasteiger partial charge on any atom is -0.462 e. The Bertz CT molecular complexity index is 1290. The van der Waals surface area contributed by atoms with E-state index in [9.17, 15) is 14.4 Å². The SMILES string of the molecule is CCCCCCC/C=C\C/C=C\CCCCCCCCCCCCCCCC(=O)OC(COC(=O)CCCCCCCCCCCC)COC(=O)CCCCCCCCCCCCCCCCCCCCCCCCCCCCC. The highest BCUT2D eigenvalue weighted by molar-refractivity contribution is 5.71. The topological polar surface area (TPSA) is 78.9 Å². The lowest BCUT2D eigenvalue weighted by Crippen LogP contribution is -2.30. The lowest BCUT2D eigenvalue weighted by atomic mass is 10.0. The lowest BCUT2D eigenvalue weighted by molar-refractivity contribution is -0.167. The smallest absolute Gasteiger partial charge is 0.306 e. The van der Waals surface area contributed by atoms with E-state index in [0.29, 0.717) is 19.3 Å². The molecule has 0 aromatic rings. The summed E-state index contributed by atoms with van der Waals surface area (Å²) in [6.45, 7) is 6.70. The quantitative estimate of drug-likeness (QED) is 0.0261. The molecule has 0 spiro atoms. The van der Waals surface area contributed by atoms with Crippen molar-refractivity contribution in [3.63, 3.8) is 0 Å². The van der Waals surface area contributed by atoms with Crippen molar-refractivity contribution in [1.82, 2.24) is 0 Å². The number of allylic oxidation sites excluding steroid dienone is 4. The van der Waals surface area contributed by atoms with Gasteiger partial charge >= 0.3 is 17.9 Å². The number of unbranched alkanes of at least 4 members (excludes halogenated alkanes) is 53. The molecule has 0 bridgehead atoms. The molecular formula is C74H140O6. The van der Waals surface area contributed by atoms with Crippen LogP contribution >= 0.6 is 0 Å². The largest absolute Gasteiger partial charge is 0.462 e. The fraction of sp³-hybridized carbons (Fsp3) is 0.905. The van der Waals surface area contributed by atoms with Crippen LogP contribution in [0.2, 0.25) is 0 Å². The first kappa shape index (κ1) is 77.9. The summed E-state index contributed by atoms with van der Waals surface area (Å²) in [6.07, 6.45) is 85.1. The summed E-state index contributed by atoms with van der Waals surface area (Å²) in [7, 11) is 0. The van der Waals surface area contributed by atoms with E-state index in [-0.39, 0.29) is 31.1 Å². The third kappa shape index (κ3) is 66.7. The van der Waals surface area contributed by atoms with Gasteiger partial charge in [0.1, 0.15) is 13.2 Å². The maximum atomic E-state index is 12.9. The molecule has 0 N–H and O–H groups in total. The maximum Gasteiger partial charge on any atom is 0.306 e. The number of carbonyl (C=O) groups is 3. The van der Waals surface area contributed by atoms with Gasteiger partial charge in [0, 0.05) is 19.3 Å². The van der Waals surface area contributed by atoms with Gasteiger partial charge in [0.15, 0.2) is 6.10 Å². The van der Waals surface area contributed by atoms with Crippen molar-refractivity contribution in [2.24, 2.45) is 0 Å². The molecule has 0 saturated carbocycles. The van der Waals surface area contributed by atoms with Gasteiger partial charge in [0.2, 0.25) is 0 Å². The van der Waals surface area contributed by atoms with Gasteiger partial charge in [-0.25, -0.2) is 0 Å². The van der Waals surface area contributed by atoms with Crippen LogP contribution in [-0.2, 0) is 28.6 Å². The Labute approximate surface area is 500 Å². The van der Waals surface area contributed by atoms with E-state index in [4.69, 9.17) is 14.2 Å². The molecule has 0 rings (SSSR count). The molecule has 0 aromatic carbocycles. The van der Waals surface area contributed by atoms with Gasteiger partial charge in [-0.3, -0.25) is 14.4 Å². The molecule has 0 amide bonds. The van der Waals surface area contributed by atoms with Crippen LogP contribution in [0.25, 0.3) is 0 Å². The van der Waals surface area contributed by atoms with E-state index >= 15 is 0 Å². The van der Waals surface area contributed by atoms with Gasteiger partial charge in [-0.2, -0.15) is 0 Å². The molecule has 1 atom stereocenters. The molecule has 0 heterocycles. The molecule has 0 aliphatic carbocycles. The second-order valence-corrected chi connectivity index (χ2v) is 24.9. The molecule has 0 aromatic heterocycles. The van der Waals surface area contributed by atoms with E-state index in [1.807, 2.05) is 0 Å². The minimum atomic E-state index is -0.767. The van der Waals surface area contributed by atoms with Crippen LogP contribution in [-0.4, -0.2) is 37.2 Å². The Morgan fingerprint density at radius 3 is 0.688 bits per heavy atom. The van der Waals surface area contributed by atoms with Crippen LogP contribution in [0.5, 0.6) is 0 Å². The van der Waals surface area contributed by atoms with Crippen molar-refractivity contribution in [2.75, 3.05) is 13.2 Å². The molecule has 0 saturated heterocycles. The number of carbonyl (C=O) groups excluding carboxylic acids is 3. The van der Waals surface area contributed by atoms with E-state index in [1.54, 1.807) is 0 Å². The molecule has 472 valence electrons. The zero-order valence-electron chi connectivity index (χ0n) is 54.4. The molecule has 6 nitrogen and oxygen atoms in total. The third-order valence-electron chi connectivity index (χ3n) is 16.7. The first-order valence-electron chi connectivity index (χ1n) is 36.3. The Morgan fingerprint density at radius 1 is 0.250 bits per heavy atom. The predicted octanol–water partition coefficient (Wildman–Crippen LogP) is 25.0. The van der Waals surface area contributed by atoms with Crippen LogP contribution in [0, 0.1) is 0 Å². The summed E-state index contributed by atoms with van der Waals surface area (Å²) >= 11 is 0. The summed E-state index contributed by atoms with van der Waals surface area (Å²) in [5, 5.41) is 0. The van der Waals surface area contributed by atoms with Crippen molar-refractivity contribution >= 4 is 17.9 Å². The Hall–Kier alpha value is -2.11. The van der Waals surface area contributed by atoms with E-state index < -0.39 is 6.10 Å². The first-order valence-corrected chi connectivity index (χ1v) is 36.3. The number of hydrogen-bond donors (Lipinski definition) is 0. The molecular weight excluding hydrogens is 985 g/mol. The van der Waals surface area contributed by atoms with Crippen LogP contribution in [0.3, 0.4) is 0 Å². The number of ether oxygens (including phenoxy) is 3. The molecule has 1 unspecified atom stereocenters. The number of rotatable bonds is 68. The second-order valence-electron chi connectivity index (χ2n) is 24.9. The molecule has 80 heavy (non-hydrogen) atoms. The number of hydrogen-bond acceptors (Lipinski definition) is 6. The molecule has 0 aliphatic rings. The highest BCUT2D eigenvalue weighted by Crippen LogP contribution is 2.19. The standard InChI is InChI=1S/C74H140O6/c1-4-7-10-13-16-19-22-24-26-28-30-32-34-36-37-39-40-42-44-46-48-50-52-55-58-61-64-67-73(76)79-70-71(69-78-72(75)66-63-60-57-54-21-18-15-12-9-6-3)80-74(77)68-65-62-59-56-53-51-49-47-45-43-41-38-35-33-31-29-27-25-23-20-17-14-11-8-5-2/h23,25,29,31,71H,4-22,24,26-28,30,32-70H2,1-3H3/b25-23-,31-29-. The normalized spacial score (nSPS) is 12.1. The summed E-state index contributed by atoms with van der Waals surface area (Å²) < 4.78 is 17.0. The summed E-state index contributed by atoms with van der Waals surface area (Å²) in [5.74, 6) is -0.835. The fourth-order valence-corrected chi connectivity index (χ4v) is 11.2. The third-order valence-corrected chi connectivity index (χ3v) is 16.7. The summed E-state index contributed by atoms with van der Waals surface area (Å²) in [6, 6.07) is 0. The van der Waals surface area contributed by atoms with Crippen LogP contribution in [0.4, 0.5) is 0 Å². The molecule has 0 fully saturated rings. The monoisotopic (exact) mass is 1130 g/mol. The Morgan fingerprint density at radius 2 is 0.450 bits per heavy atom. The molecule has 0 radical (unpaired) electrons. The van der Waals surface area contributed by atoms with E-state index in [1.165, 1.54) is 308 Å². The average molecular weight is 1130 g/mol. The molecule has 0 aliphatic heterocycles. The van der Waals surface area contributed by atoms with Crippen LogP contribution in [0.1, 0.15) is 412 Å². The van der Waals surface area contributed by atoms with Gasteiger partial charge in [0.05, 0.1) is 0 Å². The van der Waals surface area contributed by atoms with Gasteiger partial charge in [-0.05, 0) is 51.4 Å². The highest BCUT2D eigenvalue weighted by atomic mass is 16.6. The summed E-state index contributed by atoms with van der Waals surface area (Å²) in [5.41, 5.74) is 0. The zero-order chi connectivity index (χ0) is 57.8. The van der Waals surface area contributed by atoms with Crippen molar-refractivity contribution in [1.29, 1.82) is 0 Å². The van der Waals surface area contributed by atoms with Gasteiger partial charge in [-0.1, -0.05) is 366 Å². The fourth-order valence-electron chi connectivity index (χ4n) is 11.2. The predicted molar refractivity (Wildman–Crippen MR) is 349 cm³/mol. The minimum absolute atomic E-state index is 0.0646. The van der Waals surface area contributed by atoms with Crippen molar-refractivity contribution in [3.8, 4) is 0 Å². The average Bonchev–Trinajstić information content (AvgIpc) is 3.46. The Kier molecular flexibility index (Phi) is 67.6. The number of esters is 3. The van der Waals surface area contributed by atoms with Crippen molar-refractivity contribution < 1.29 is 28.6 Å².